The molecule has 0 saturated carbocycles. The molecule has 9 nitrogen and oxygen atoms in total. The van der Waals surface area contributed by atoms with E-state index in [0.29, 0.717) is 44.1 Å². The van der Waals surface area contributed by atoms with Crippen LogP contribution in [0.25, 0.3) is 0 Å². The van der Waals surface area contributed by atoms with Crippen LogP contribution in [0, 0.1) is 0 Å². The first kappa shape index (κ1) is 23.0. The summed E-state index contributed by atoms with van der Waals surface area (Å²) in [6.45, 7) is 2.82. The molecule has 1 amide bonds. The summed E-state index contributed by atoms with van der Waals surface area (Å²) >= 11 is 0. The van der Waals surface area contributed by atoms with Crippen molar-refractivity contribution >= 4 is 17.9 Å². The summed E-state index contributed by atoms with van der Waals surface area (Å²) in [5.41, 5.74) is 1.75. The number of aliphatic carboxylic acids is 1. The van der Waals surface area contributed by atoms with Gasteiger partial charge in [-0.3, -0.25) is 9.78 Å². The van der Waals surface area contributed by atoms with Gasteiger partial charge in [-0.1, -0.05) is 18.2 Å². The van der Waals surface area contributed by atoms with E-state index in [0.717, 1.165) is 23.6 Å². The quantitative estimate of drug-likeness (QED) is 0.545. The van der Waals surface area contributed by atoms with Crippen LogP contribution >= 0.6 is 0 Å². The highest BCUT2D eigenvalue weighted by molar-refractivity contribution is 5.71. The minimum atomic E-state index is -0.883. The number of aromatic nitrogens is 2. The Kier molecular flexibility index (Phi) is 7.54. The number of carbonyl (C=O) groups excluding carboxylic acids is 1. The van der Waals surface area contributed by atoms with Crippen molar-refractivity contribution in [3.05, 3.63) is 78.2 Å². The molecule has 176 valence electrons. The van der Waals surface area contributed by atoms with Crippen LogP contribution in [0.5, 0.6) is 11.5 Å². The van der Waals surface area contributed by atoms with Gasteiger partial charge < -0.3 is 24.4 Å². The molecule has 0 atom stereocenters. The number of amides is 1. The molecule has 9 heteroatoms. The van der Waals surface area contributed by atoms with Gasteiger partial charge in [0.05, 0.1) is 13.0 Å². The first-order valence-electron chi connectivity index (χ1n) is 11.1. The first-order chi connectivity index (χ1) is 16.6. The van der Waals surface area contributed by atoms with Gasteiger partial charge >= 0.3 is 12.1 Å². The molecule has 0 bridgehead atoms. The van der Waals surface area contributed by atoms with Gasteiger partial charge in [0.2, 0.25) is 0 Å². The smallest absolute Gasteiger partial charge is 0.415 e. The summed E-state index contributed by atoms with van der Waals surface area (Å²) in [6.07, 6.45) is 5.28. The summed E-state index contributed by atoms with van der Waals surface area (Å²) in [7, 11) is 0. The third kappa shape index (κ3) is 6.44. The zero-order valence-corrected chi connectivity index (χ0v) is 18.7. The van der Waals surface area contributed by atoms with Crippen molar-refractivity contribution < 1.29 is 24.2 Å². The average Bonchev–Trinajstić information content (AvgIpc) is 2.86. The van der Waals surface area contributed by atoms with Crippen LogP contribution in [0.2, 0.25) is 0 Å². The van der Waals surface area contributed by atoms with E-state index in [4.69, 9.17) is 14.6 Å². The van der Waals surface area contributed by atoms with Crippen LogP contribution in [-0.4, -0.2) is 64.8 Å². The zero-order chi connectivity index (χ0) is 23.8. The maximum absolute atomic E-state index is 12.6. The predicted molar refractivity (Wildman–Crippen MR) is 125 cm³/mol. The van der Waals surface area contributed by atoms with Crippen molar-refractivity contribution in [1.29, 1.82) is 0 Å². The summed E-state index contributed by atoms with van der Waals surface area (Å²) in [5.74, 6) is 1.17. The topological polar surface area (TPSA) is 105 Å². The van der Waals surface area contributed by atoms with Crippen molar-refractivity contribution in [1.82, 2.24) is 14.9 Å². The van der Waals surface area contributed by atoms with E-state index in [9.17, 15) is 9.59 Å². The molecule has 2 aromatic heterocycles. The molecule has 1 N–H and O–H groups in total. The number of pyridine rings is 2. The van der Waals surface area contributed by atoms with E-state index in [1.165, 1.54) is 0 Å². The monoisotopic (exact) mass is 462 g/mol. The standard InChI is InChI=1S/C25H26N4O5/c30-24(31)17-20-3-6-23(27-18-20)28-12-14-29(15-13-28)25(32)34-22-4-1-19(2-5-22)9-16-33-21-7-10-26-11-8-21/h1-8,10-11,18H,9,12-17H2,(H,30,31). The van der Waals surface area contributed by atoms with Gasteiger partial charge in [0.25, 0.3) is 0 Å². The molecule has 1 aliphatic heterocycles. The van der Waals surface area contributed by atoms with Crippen LogP contribution in [0.15, 0.2) is 67.1 Å². The molecule has 1 aromatic carbocycles. The molecule has 1 saturated heterocycles. The third-order valence-corrected chi connectivity index (χ3v) is 5.46. The van der Waals surface area contributed by atoms with Gasteiger partial charge in [-0.2, -0.15) is 0 Å². The lowest BCUT2D eigenvalue weighted by Gasteiger charge is -2.34. The second-order valence-corrected chi connectivity index (χ2v) is 7.86. The number of carboxylic acid groups (broad SMARTS) is 1. The summed E-state index contributed by atoms with van der Waals surface area (Å²) in [5, 5.41) is 8.86. The number of anilines is 1. The molecular weight excluding hydrogens is 436 g/mol. The second-order valence-electron chi connectivity index (χ2n) is 7.86. The van der Waals surface area contributed by atoms with Gasteiger partial charge in [-0.15, -0.1) is 0 Å². The minimum absolute atomic E-state index is 0.0484. The highest BCUT2D eigenvalue weighted by atomic mass is 16.6. The second kappa shape index (κ2) is 11.1. The van der Waals surface area contributed by atoms with Crippen LogP contribution in [-0.2, 0) is 17.6 Å². The average molecular weight is 463 g/mol. The molecule has 3 aromatic rings. The van der Waals surface area contributed by atoms with E-state index in [-0.39, 0.29) is 12.5 Å². The van der Waals surface area contributed by atoms with E-state index >= 15 is 0 Å². The third-order valence-electron chi connectivity index (χ3n) is 5.46. The number of carbonyl (C=O) groups is 2. The van der Waals surface area contributed by atoms with Crippen molar-refractivity contribution in [2.24, 2.45) is 0 Å². The summed E-state index contributed by atoms with van der Waals surface area (Å²) < 4.78 is 11.2. The van der Waals surface area contributed by atoms with E-state index in [2.05, 4.69) is 14.9 Å². The Hall–Kier alpha value is -4.14. The fourth-order valence-electron chi connectivity index (χ4n) is 3.61. The number of ether oxygens (including phenoxy) is 2. The highest BCUT2D eigenvalue weighted by Gasteiger charge is 2.23. The number of benzene rings is 1. The van der Waals surface area contributed by atoms with E-state index in [1.807, 2.05) is 30.3 Å². The number of carboxylic acids is 1. The lowest BCUT2D eigenvalue weighted by atomic mass is 10.1. The van der Waals surface area contributed by atoms with Gasteiger partial charge in [0.1, 0.15) is 17.3 Å². The summed E-state index contributed by atoms with van der Waals surface area (Å²) in [6, 6.07) is 14.7. The fourth-order valence-corrected chi connectivity index (χ4v) is 3.61. The normalized spacial score (nSPS) is 13.4. The Labute approximate surface area is 197 Å². The Balaban J connectivity index is 1.21. The van der Waals surface area contributed by atoms with E-state index < -0.39 is 5.97 Å². The maximum Gasteiger partial charge on any atom is 0.415 e. The molecule has 0 radical (unpaired) electrons. The molecule has 1 fully saturated rings. The number of hydrogen-bond acceptors (Lipinski definition) is 7. The van der Waals surface area contributed by atoms with Crippen molar-refractivity contribution in [3.8, 4) is 11.5 Å². The Morgan fingerprint density at radius 3 is 2.24 bits per heavy atom. The Morgan fingerprint density at radius 1 is 0.882 bits per heavy atom. The number of hydrogen-bond donors (Lipinski definition) is 1. The van der Waals surface area contributed by atoms with Gasteiger partial charge in [0, 0.05) is 51.2 Å². The molecule has 0 aliphatic carbocycles. The summed E-state index contributed by atoms with van der Waals surface area (Å²) in [4.78, 5) is 35.4. The molecule has 4 rings (SSSR count). The molecule has 1 aliphatic rings. The van der Waals surface area contributed by atoms with Gasteiger partial charge in [0.15, 0.2) is 0 Å². The first-order valence-corrected chi connectivity index (χ1v) is 11.1. The van der Waals surface area contributed by atoms with Crippen LogP contribution < -0.4 is 14.4 Å². The minimum Gasteiger partial charge on any atom is -0.493 e. The van der Waals surface area contributed by atoms with Crippen LogP contribution in [0.3, 0.4) is 0 Å². The van der Waals surface area contributed by atoms with Crippen molar-refractivity contribution in [3.63, 3.8) is 0 Å². The molecule has 3 heterocycles. The maximum atomic E-state index is 12.6. The molecule has 0 unspecified atom stereocenters. The van der Waals surface area contributed by atoms with E-state index in [1.54, 1.807) is 41.7 Å². The number of rotatable bonds is 8. The largest absolute Gasteiger partial charge is 0.493 e. The highest BCUT2D eigenvalue weighted by Crippen LogP contribution is 2.18. The Morgan fingerprint density at radius 2 is 1.59 bits per heavy atom. The molecule has 0 spiro atoms. The van der Waals surface area contributed by atoms with Gasteiger partial charge in [-0.05, 0) is 41.5 Å². The SMILES string of the molecule is O=C(O)Cc1ccc(N2CCN(C(=O)Oc3ccc(CCOc4ccncc4)cc3)CC2)nc1. The zero-order valence-electron chi connectivity index (χ0n) is 18.7. The lowest BCUT2D eigenvalue weighted by molar-refractivity contribution is -0.136. The molecular formula is C25H26N4O5. The van der Waals surface area contributed by atoms with Crippen LogP contribution in [0.4, 0.5) is 10.6 Å². The predicted octanol–water partition coefficient (Wildman–Crippen LogP) is 3.05. The Bertz CT molecular complexity index is 1080. The lowest BCUT2D eigenvalue weighted by Crippen LogP contribution is -2.49. The van der Waals surface area contributed by atoms with Crippen LogP contribution in [0.1, 0.15) is 11.1 Å². The fraction of sp³-hybridized carbons (Fsp3) is 0.280. The number of piperazine rings is 1. The van der Waals surface area contributed by atoms with Gasteiger partial charge in [-0.25, -0.2) is 9.78 Å². The van der Waals surface area contributed by atoms with Crippen molar-refractivity contribution in [2.45, 2.75) is 12.8 Å². The number of nitrogens with zero attached hydrogens (tertiary/aromatic N) is 4. The van der Waals surface area contributed by atoms with Crippen molar-refractivity contribution in [2.75, 3.05) is 37.7 Å². The molecule has 34 heavy (non-hydrogen) atoms.